The van der Waals surface area contributed by atoms with E-state index in [2.05, 4.69) is 0 Å². The Balaban J connectivity index is 1.68. The first kappa shape index (κ1) is 26.0. The molecule has 0 saturated carbocycles. The normalized spacial score (nSPS) is 36.9. The number of carbonyl (C=O) groups is 1. The third-order valence-corrected chi connectivity index (χ3v) is 8.83. The summed E-state index contributed by atoms with van der Waals surface area (Å²) in [5, 5.41) is 75.8. The number of aromatic hydroxyl groups is 1. The van der Waals surface area contributed by atoms with Crippen LogP contribution in [0.4, 0.5) is 0 Å². The van der Waals surface area contributed by atoms with Crippen molar-refractivity contribution in [3.8, 4) is 17.2 Å². The first-order valence-corrected chi connectivity index (χ1v) is 12.6. The number of hydrogen-bond acceptors (Lipinski definition) is 12. The smallest absolute Gasteiger partial charge is 0.273 e. The molecule has 206 valence electrons. The number of aliphatic hydroxyl groups is 6. The molecule has 3 unspecified atom stereocenters. The molecule has 2 aromatic rings. The Bertz CT molecular complexity index is 1380. The molecule has 6 rings (SSSR count). The predicted molar refractivity (Wildman–Crippen MR) is 127 cm³/mol. The van der Waals surface area contributed by atoms with Crippen molar-refractivity contribution in [2.75, 3.05) is 26.2 Å². The van der Waals surface area contributed by atoms with E-state index in [1.165, 1.54) is 7.11 Å². The van der Waals surface area contributed by atoms with Crippen LogP contribution in [0.1, 0.15) is 45.7 Å². The number of Topliss-reactive ketones (excluding diaryl/α,β-unsaturated/α-hetero) is 1. The Labute approximate surface area is 220 Å². The molecule has 1 aliphatic carbocycles. The van der Waals surface area contributed by atoms with Crippen LogP contribution in [0.15, 0.2) is 6.07 Å². The van der Waals surface area contributed by atoms with E-state index >= 15 is 0 Å². The maximum absolute atomic E-state index is 13.0. The molecule has 0 spiro atoms. The van der Waals surface area contributed by atoms with Gasteiger partial charge in [0.15, 0.2) is 11.9 Å². The zero-order chi connectivity index (χ0) is 27.5. The highest BCUT2D eigenvalue weighted by atomic mass is 35.5. The number of alkyl halides is 1. The zero-order valence-corrected chi connectivity index (χ0v) is 21.1. The lowest BCUT2D eigenvalue weighted by atomic mass is 9.73. The van der Waals surface area contributed by atoms with Gasteiger partial charge in [-0.1, -0.05) is 0 Å². The number of fused-ring (bicyclic) bond motifs is 6. The van der Waals surface area contributed by atoms with E-state index in [0.29, 0.717) is 11.1 Å². The Hall–Kier alpha value is -2.26. The van der Waals surface area contributed by atoms with Crippen LogP contribution in [0.5, 0.6) is 17.2 Å². The van der Waals surface area contributed by atoms with Gasteiger partial charge < -0.3 is 54.7 Å². The fourth-order valence-corrected chi connectivity index (χ4v) is 6.97. The third kappa shape index (κ3) is 2.70. The van der Waals surface area contributed by atoms with Crippen LogP contribution < -0.4 is 9.47 Å². The second-order valence-electron chi connectivity index (χ2n) is 10.3. The number of phenols is 1. The number of phenolic OH excluding ortho intramolecular Hbond substituents is 1. The van der Waals surface area contributed by atoms with Crippen LogP contribution in [-0.4, -0.2) is 97.1 Å². The van der Waals surface area contributed by atoms with Gasteiger partial charge >= 0.3 is 0 Å². The van der Waals surface area contributed by atoms with Crippen molar-refractivity contribution >= 4 is 28.2 Å². The molecule has 3 aliphatic heterocycles. The van der Waals surface area contributed by atoms with E-state index in [-0.39, 0.29) is 39.8 Å². The van der Waals surface area contributed by atoms with Gasteiger partial charge in [-0.2, -0.15) is 0 Å². The molecule has 2 bridgehead atoms. The fraction of sp³-hybridized carbons (Fsp3) is 0.560. The summed E-state index contributed by atoms with van der Waals surface area (Å²) in [5.74, 6) is -8.17. The first-order valence-electron chi connectivity index (χ1n) is 12.0. The number of rotatable bonds is 5. The highest BCUT2D eigenvalue weighted by molar-refractivity contribution is 6.19. The summed E-state index contributed by atoms with van der Waals surface area (Å²) in [6.07, 6.45) is -5.63. The highest BCUT2D eigenvalue weighted by Gasteiger charge is 2.85. The summed E-state index contributed by atoms with van der Waals surface area (Å²) in [6.45, 7) is 0.343. The maximum atomic E-state index is 13.0. The lowest BCUT2D eigenvalue weighted by molar-refractivity contribution is -0.355. The summed E-state index contributed by atoms with van der Waals surface area (Å²) < 4.78 is 23.8. The second kappa shape index (κ2) is 8.13. The van der Waals surface area contributed by atoms with Gasteiger partial charge in [-0.25, -0.2) is 0 Å². The average molecular weight is 555 g/mol. The number of ketones is 1. The van der Waals surface area contributed by atoms with Crippen molar-refractivity contribution < 1.29 is 59.5 Å². The standard InChI is InChI=1S/C25H27ClO12/c1-8-3-10-14(18(32)16-15(19(10)35-2)11(29)4-12(30)17(16)31)20-13(8)21-22-24(34,36-20)23(33,7-26)25(37-21,38-22)9(5-27)6-28/h3,9,11-12,21-22,27-30,32-34H,4-7H2,1-2H3/t11-,12-,21?,22?,23-,24-,25?/m0/s1. The van der Waals surface area contributed by atoms with Gasteiger partial charge in [-0.05, 0) is 18.6 Å². The van der Waals surface area contributed by atoms with Gasteiger partial charge in [0.25, 0.3) is 5.79 Å². The minimum atomic E-state index is -2.58. The lowest BCUT2D eigenvalue weighted by Crippen LogP contribution is -2.75. The zero-order valence-electron chi connectivity index (χ0n) is 20.3. The highest BCUT2D eigenvalue weighted by Crippen LogP contribution is 2.67. The summed E-state index contributed by atoms with van der Waals surface area (Å²) in [5.41, 5.74) is -2.01. The maximum Gasteiger partial charge on any atom is 0.273 e. The van der Waals surface area contributed by atoms with Crippen molar-refractivity contribution in [3.05, 3.63) is 28.3 Å². The van der Waals surface area contributed by atoms with Crippen molar-refractivity contribution in [1.82, 2.24) is 0 Å². The number of aryl methyl sites for hydroxylation is 1. The third-order valence-electron chi connectivity index (χ3n) is 8.44. The van der Waals surface area contributed by atoms with E-state index in [9.17, 15) is 40.5 Å². The monoisotopic (exact) mass is 554 g/mol. The SMILES string of the molecule is COc1c2c(c(O)c3c4c(c(C)cc13)C1OC3(C(CO)CO)OC1[C@](O)(O4)[C@@]3(O)CCl)C(=O)[C@@H](O)C[C@@H]2O. The Morgan fingerprint density at radius 3 is 2.45 bits per heavy atom. The molecule has 38 heavy (non-hydrogen) atoms. The second-order valence-corrected chi connectivity index (χ2v) is 10.5. The fourth-order valence-electron chi connectivity index (χ4n) is 6.60. The number of benzene rings is 2. The van der Waals surface area contributed by atoms with Crippen LogP contribution >= 0.6 is 11.6 Å². The number of halogens is 1. The number of hydrogen-bond donors (Lipinski definition) is 7. The number of carbonyl (C=O) groups excluding carboxylic acids is 1. The van der Waals surface area contributed by atoms with Gasteiger partial charge in [-0.3, -0.25) is 4.79 Å². The topological polar surface area (TPSA) is 196 Å². The average Bonchev–Trinajstić information content (AvgIpc) is 3.37. The minimum Gasteiger partial charge on any atom is -0.506 e. The van der Waals surface area contributed by atoms with E-state index in [1.54, 1.807) is 13.0 Å². The van der Waals surface area contributed by atoms with Gasteiger partial charge in [0.1, 0.15) is 29.5 Å². The van der Waals surface area contributed by atoms with Crippen LogP contribution in [-0.2, 0) is 9.47 Å². The molecular formula is C25H27ClO12. The lowest BCUT2D eigenvalue weighted by Gasteiger charge is -2.53. The molecule has 0 aromatic heterocycles. The summed E-state index contributed by atoms with van der Waals surface area (Å²) in [6, 6.07) is 1.62. The molecule has 13 heteroatoms. The molecule has 0 amide bonds. The number of ether oxygens (including phenoxy) is 4. The predicted octanol–water partition coefficient (Wildman–Crippen LogP) is -0.339. The summed E-state index contributed by atoms with van der Waals surface area (Å²) in [4.78, 5) is 13.0. The van der Waals surface area contributed by atoms with E-state index < -0.39 is 78.1 Å². The van der Waals surface area contributed by atoms with E-state index in [1.807, 2.05) is 0 Å². The van der Waals surface area contributed by atoms with E-state index in [0.717, 1.165) is 0 Å². The summed E-state index contributed by atoms with van der Waals surface area (Å²) >= 11 is 6.14. The molecule has 7 atom stereocenters. The van der Waals surface area contributed by atoms with Crippen molar-refractivity contribution in [2.24, 2.45) is 5.92 Å². The summed E-state index contributed by atoms with van der Waals surface area (Å²) in [7, 11) is 1.32. The Morgan fingerprint density at radius 2 is 1.84 bits per heavy atom. The molecule has 0 radical (unpaired) electrons. The molecule has 7 N–H and O–H groups in total. The molecule has 12 nitrogen and oxygen atoms in total. The molecule has 2 aromatic carbocycles. The van der Waals surface area contributed by atoms with Crippen LogP contribution in [0.2, 0.25) is 0 Å². The minimum absolute atomic E-state index is 0.00801. The van der Waals surface area contributed by atoms with Gasteiger partial charge in [-0.15, -0.1) is 11.6 Å². The molecule has 4 aliphatic rings. The van der Waals surface area contributed by atoms with Gasteiger partial charge in [0, 0.05) is 22.9 Å². The van der Waals surface area contributed by atoms with Crippen LogP contribution in [0.25, 0.3) is 10.8 Å². The first-order chi connectivity index (χ1) is 18.0. The van der Waals surface area contributed by atoms with Crippen molar-refractivity contribution in [1.29, 1.82) is 0 Å². The Kier molecular flexibility index (Phi) is 5.56. The molecule has 2 saturated heterocycles. The molecule has 3 heterocycles. The van der Waals surface area contributed by atoms with Crippen molar-refractivity contribution in [3.63, 3.8) is 0 Å². The Morgan fingerprint density at radius 1 is 1.16 bits per heavy atom. The van der Waals surface area contributed by atoms with Gasteiger partial charge in [0.05, 0.1) is 49.2 Å². The van der Waals surface area contributed by atoms with Crippen molar-refractivity contribution in [2.45, 2.75) is 54.9 Å². The van der Waals surface area contributed by atoms with E-state index in [4.69, 9.17) is 30.5 Å². The largest absolute Gasteiger partial charge is 0.506 e. The van der Waals surface area contributed by atoms with Crippen LogP contribution in [0.3, 0.4) is 0 Å². The number of methoxy groups -OCH3 is 1. The number of aliphatic hydroxyl groups excluding tert-OH is 4. The molecular weight excluding hydrogens is 528 g/mol. The van der Waals surface area contributed by atoms with Crippen LogP contribution in [0, 0.1) is 12.8 Å². The molecule has 2 fully saturated rings. The van der Waals surface area contributed by atoms with Gasteiger partial charge in [0.2, 0.25) is 11.4 Å². The quantitative estimate of drug-likeness (QED) is 0.238.